The van der Waals surface area contributed by atoms with Crippen LogP contribution in [0.1, 0.15) is 182 Å². The van der Waals surface area contributed by atoms with Crippen molar-refractivity contribution in [2.45, 2.75) is 200 Å². The van der Waals surface area contributed by atoms with Crippen molar-refractivity contribution in [3.63, 3.8) is 0 Å². The van der Waals surface area contributed by atoms with Crippen LogP contribution < -0.4 is 24.2 Å². The Morgan fingerprint density at radius 2 is 1.04 bits per heavy atom. The van der Waals surface area contributed by atoms with Crippen LogP contribution in [0.5, 0.6) is 0 Å². The third-order valence-electron chi connectivity index (χ3n) is 16.2. The second kappa shape index (κ2) is 32.3. The molecule has 432 valence electrons. The van der Waals surface area contributed by atoms with Crippen LogP contribution in [-0.2, 0) is 19.2 Å². The molecule has 7 atom stereocenters. The fourth-order valence-electron chi connectivity index (χ4n) is 12.2. The standard InChI is InChI=1S/C27H37NO3.C16H13NO2.C9H15NO.C8H7ClO.C6H18NSi2.Li/c1-19-14-16-20(17-15-19)25(29)18-21-10-6-2-3-7-11-22(21)26(30)28-24-13-9-5-4-8-12-23(24)27(28)31;18-15-11-14(12-7-3-1-4-8-12)17(15)16(19)13-9-5-2-6-10-13;11-9-7-5-3-1-2-4-6-8(7)10-9;1-6-2-4-7(5-3-6)8(9)10;1-8(2,3)7-9(4,5)6;/h14-17,21-24H,2-13,18H2,1H3;1-10,14H,11H2;7-8H,1-6H2,(H,10,11);2-5H,1H3;1-6H3;/q;;;;-1;+1/t21-,22-,23-,24+;;7-,8+;;;/m1.1.../s1. The molecule has 4 aromatic carbocycles. The van der Waals surface area contributed by atoms with E-state index >= 15 is 0 Å². The monoisotopic (exact) mass is 1150 g/mol. The number of halogens is 1. The van der Waals surface area contributed by atoms with Crippen LogP contribution in [0, 0.1) is 37.5 Å². The second-order valence-electron chi connectivity index (χ2n) is 24.9. The molecule has 6 fully saturated rings. The van der Waals surface area contributed by atoms with Crippen LogP contribution in [0.2, 0.25) is 39.3 Å². The number of Topliss-reactive ketones (excluding diaryl/α,β-unsaturated/α-hetero) is 1. The molecule has 0 aromatic heterocycles. The van der Waals surface area contributed by atoms with E-state index in [0.717, 1.165) is 86.5 Å². The summed E-state index contributed by atoms with van der Waals surface area (Å²) in [5, 5.41) is 2.57. The molecule has 0 radical (unpaired) electrons. The summed E-state index contributed by atoms with van der Waals surface area (Å²) in [7, 11) is -2.21. The molecular formula is C66H90ClLiN4O7Si2. The number of aryl methyl sites for hydroxylation is 2. The zero-order valence-corrected chi connectivity index (χ0v) is 52.9. The van der Waals surface area contributed by atoms with E-state index in [4.69, 9.17) is 16.2 Å². The number of carbonyl (C=O) groups is 7. The van der Waals surface area contributed by atoms with Gasteiger partial charge in [0.2, 0.25) is 23.6 Å². The minimum atomic E-state index is -1.11. The Morgan fingerprint density at radius 3 is 1.54 bits per heavy atom. The predicted molar refractivity (Wildman–Crippen MR) is 328 cm³/mol. The van der Waals surface area contributed by atoms with E-state index in [-0.39, 0.29) is 78.1 Å². The number of benzene rings is 4. The van der Waals surface area contributed by atoms with E-state index in [0.29, 0.717) is 41.8 Å². The van der Waals surface area contributed by atoms with Crippen LogP contribution in [0.15, 0.2) is 109 Å². The number of likely N-dealkylation sites (tertiary alicyclic amines) is 2. The number of imide groups is 2. The maximum Gasteiger partial charge on any atom is 1.00 e. The molecule has 3 aliphatic heterocycles. The van der Waals surface area contributed by atoms with E-state index in [2.05, 4.69) is 44.6 Å². The zero-order chi connectivity index (χ0) is 58.0. The topological polar surface area (TPSA) is 152 Å². The molecular weight excluding hydrogens is 1060 g/mol. The van der Waals surface area contributed by atoms with E-state index < -0.39 is 21.7 Å². The van der Waals surface area contributed by atoms with Gasteiger partial charge in [-0.05, 0) is 99.7 Å². The molecule has 0 spiro atoms. The van der Waals surface area contributed by atoms with Crippen molar-refractivity contribution < 1.29 is 52.4 Å². The number of fused-ring (bicyclic) bond motifs is 2. The summed E-state index contributed by atoms with van der Waals surface area (Å²) >= 11 is 5.22. The van der Waals surface area contributed by atoms with Crippen molar-refractivity contribution in [3.8, 4) is 0 Å². The number of rotatable bonds is 9. The summed E-state index contributed by atoms with van der Waals surface area (Å²) < 4.78 is 4.82. The average Bonchev–Trinajstić information content (AvgIpc) is 3.44. The molecule has 4 aromatic rings. The van der Waals surface area contributed by atoms with Crippen LogP contribution in [-0.4, -0.2) is 78.9 Å². The molecule has 3 saturated carbocycles. The van der Waals surface area contributed by atoms with Gasteiger partial charge in [-0.15, -0.1) is 0 Å². The summed E-state index contributed by atoms with van der Waals surface area (Å²) in [4.78, 5) is 88.2. The largest absolute Gasteiger partial charge is 1.00 e. The van der Waals surface area contributed by atoms with Gasteiger partial charge in [-0.3, -0.25) is 43.4 Å². The molecule has 3 saturated heterocycles. The Labute approximate surface area is 503 Å². The molecule has 10 rings (SSSR count). The Kier molecular flexibility index (Phi) is 26.8. The average molecular weight is 1150 g/mol. The van der Waals surface area contributed by atoms with Gasteiger partial charge < -0.3 is 9.96 Å². The summed E-state index contributed by atoms with van der Waals surface area (Å²) in [6, 6.07) is 34.0. The summed E-state index contributed by atoms with van der Waals surface area (Å²) in [5.74, 6) is 0.484. The maximum atomic E-state index is 13.7. The van der Waals surface area contributed by atoms with Gasteiger partial charge in [0, 0.05) is 35.1 Å². The van der Waals surface area contributed by atoms with Crippen molar-refractivity contribution in [3.05, 3.63) is 147 Å². The van der Waals surface area contributed by atoms with E-state index in [1.54, 1.807) is 41.3 Å². The van der Waals surface area contributed by atoms with Crippen LogP contribution >= 0.6 is 11.6 Å². The first kappa shape index (κ1) is 67.0. The number of ketones is 1. The van der Waals surface area contributed by atoms with Crippen LogP contribution in [0.4, 0.5) is 0 Å². The van der Waals surface area contributed by atoms with Crippen LogP contribution in [0.25, 0.3) is 4.65 Å². The number of nitrogens with one attached hydrogen (secondary N) is 1. The summed E-state index contributed by atoms with van der Waals surface area (Å²) in [5.41, 5.74) is 5.11. The molecule has 11 nitrogen and oxygen atoms in total. The quantitative estimate of drug-likeness (QED) is 0.0576. The number of hydrogen-bond donors (Lipinski definition) is 1. The summed E-state index contributed by atoms with van der Waals surface area (Å²) in [6.07, 6.45) is 21.1. The third-order valence-corrected chi connectivity index (χ3v) is 21.7. The first-order valence-corrected chi connectivity index (χ1v) is 37.1. The third kappa shape index (κ3) is 20.5. The Hall–Kier alpha value is -4.75. The van der Waals surface area contributed by atoms with Crippen molar-refractivity contribution in [2.75, 3.05) is 0 Å². The van der Waals surface area contributed by atoms with Gasteiger partial charge in [0.1, 0.15) is 0 Å². The van der Waals surface area contributed by atoms with Gasteiger partial charge in [0.15, 0.2) is 5.78 Å². The van der Waals surface area contributed by atoms with Crippen molar-refractivity contribution in [2.24, 2.45) is 23.7 Å². The predicted octanol–water partition coefficient (Wildman–Crippen LogP) is 12.5. The van der Waals surface area contributed by atoms with Gasteiger partial charge >= 0.3 is 18.9 Å². The number of amides is 5. The van der Waals surface area contributed by atoms with E-state index in [1.807, 2.05) is 86.6 Å². The van der Waals surface area contributed by atoms with Crippen molar-refractivity contribution in [1.29, 1.82) is 0 Å². The number of β-lactam (4-membered cyclic amide) rings is 3. The molecule has 1 unspecified atom stereocenters. The Bertz CT molecular complexity index is 2670. The van der Waals surface area contributed by atoms with Gasteiger partial charge in [0.25, 0.3) is 11.1 Å². The molecule has 15 heteroatoms. The molecule has 3 heterocycles. The number of nitrogens with zero attached hydrogens (tertiary/aromatic N) is 3. The van der Waals surface area contributed by atoms with E-state index in [9.17, 15) is 33.6 Å². The molecule has 81 heavy (non-hydrogen) atoms. The SMILES string of the molecule is C[Si](C)(C)[N-][Si](C)(C)C.Cc1ccc(C(=O)C[C@H]2CCCCCC[C@H]2C(=O)N2C(=O)[C@@H]3CCCCCC[C@@H]32)cc1.Cc1ccc(C(=O)Cl)cc1.O=C1CC(c2ccccc2)N1C(=O)c1ccccc1.O=C1N[C@H]2CCCCCC[C@@H]12.[Li+]. The number of hydrogen-bond acceptors (Lipinski definition) is 7. The Morgan fingerprint density at radius 1 is 0.556 bits per heavy atom. The van der Waals surface area contributed by atoms with Crippen molar-refractivity contribution >= 4 is 68.6 Å². The van der Waals surface area contributed by atoms with Gasteiger partial charge in [-0.25, -0.2) is 0 Å². The minimum Gasteiger partial charge on any atom is -0.668 e. The number of carbonyl (C=O) groups excluding carboxylic acids is 7. The van der Waals surface area contributed by atoms with Crippen LogP contribution in [0.3, 0.4) is 0 Å². The first-order valence-electron chi connectivity index (χ1n) is 29.9. The summed E-state index contributed by atoms with van der Waals surface area (Å²) in [6.45, 7) is 17.8. The molecule has 0 bridgehead atoms. The maximum absolute atomic E-state index is 13.7. The smallest absolute Gasteiger partial charge is 0.668 e. The van der Waals surface area contributed by atoms with Crippen molar-refractivity contribution in [1.82, 2.24) is 15.1 Å². The minimum absolute atomic E-state index is 0. The Balaban J connectivity index is 0.000000204. The van der Waals surface area contributed by atoms with Gasteiger partial charge in [-0.2, -0.15) is 0 Å². The zero-order valence-electron chi connectivity index (χ0n) is 50.2. The van der Waals surface area contributed by atoms with Gasteiger partial charge in [0.05, 0.1) is 30.3 Å². The van der Waals surface area contributed by atoms with Gasteiger partial charge in [-0.1, -0.05) is 229 Å². The van der Waals surface area contributed by atoms with E-state index in [1.165, 1.54) is 56.3 Å². The molecule has 1 N–H and O–H groups in total. The fraction of sp³-hybridized carbons (Fsp3) is 0.530. The normalized spacial score (nSPS) is 23.4. The first-order chi connectivity index (χ1) is 38.1. The fourth-order valence-corrected chi connectivity index (χ4v) is 20.4. The molecule has 6 aliphatic rings. The second-order valence-corrected chi connectivity index (χ2v) is 34.9. The molecule has 5 amide bonds. The molecule has 3 aliphatic carbocycles.